The van der Waals surface area contributed by atoms with Crippen LogP contribution in [-0.4, -0.2) is 19.0 Å². The Balaban J connectivity index is 2.06. The fraction of sp³-hybridized carbons (Fsp3) is 0.188. The van der Waals surface area contributed by atoms with Gasteiger partial charge in [0, 0.05) is 25.3 Å². The Morgan fingerprint density at radius 1 is 1.05 bits per heavy atom. The maximum Gasteiger partial charge on any atom is 0.261 e. The van der Waals surface area contributed by atoms with Crippen LogP contribution in [0.5, 0.6) is 0 Å². The molecule has 2 aromatic carbocycles. The van der Waals surface area contributed by atoms with Gasteiger partial charge < -0.3 is 10.2 Å². The van der Waals surface area contributed by atoms with Crippen molar-refractivity contribution in [3.05, 3.63) is 63.6 Å². The first-order valence-electron chi connectivity index (χ1n) is 6.73. The first-order valence-corrected chi connectivity index (χ1v) is 7.48. The summed E-state index contributed by atoms with van der Waals surface area (Å²) in [5.74, 6) is -0.165. The maximum absolute atomic E-state index is 12.9. The maximum atomic E-state index is 12.9. The number of nitrogens with one attached hydrogen (secondary N) is 1. The molecule has 1 N–H and O–H groups in total. The van der Waals surface area contributed by atoms with E-state index in [9.17, 15) is 4.79 Å². The zero-order chi connectivity index (χ0) is 14.8. The van der Waals surface area contributed by atoms with Crippen molar-refractivity contribution in [1.82, 2.24) is 5.32 Å². The van der Waals surface area contributed by atoms with Crippen molar-refractivity contribution in [2.75, 3.05) is 18.0 Å². The number of carbonyl (C=O) groups is 1. The van der Waals surface area contributed by atoms with Crippen molar-refractivity contribution >= 4 is 34.8 Å². The fourth-order valence-electron chi connectivity index (χ4n) is 2.51. The van der Waals surface area contributed by atoms with Crippen molar-refractivity contribution in [3.63, 3.8) is 0 Å². The average molecular weight is 321 g/mol. The molecule has 0 aliphatic carbocycles. The Labute approximate surface area is 133 Å². The van der Waals surface area contributed by atoms with Gasteiger partial charge in [-0.15, -0.1) is 0 Å². The van der Waals surface area contributed by atoms with E-state index in [2.05, 4.69) is 5.32 Å². The number of benzene rings is 2. The van der Waals surface area contributed by atoms with Gasteiger partial charge >= 0.3 is 0 Å². The summed E-state index contributed by atoms with van der Waals surface area (Å²) >= 11 is 12.3. The summed E-state index contributed by atoms with van der Waals surface area (Å²) in [6.07, 6.45) is 0. The SMILES string of the molecule is O=C(c1c(Cl)cccc1Cl)N1CCNCc2ccccc21. The lowest BCUT2D eigenvalue weighted by Crippen LogP contribution is -2.35. The minimum atomic E-state index is -0.165. The average Bonchev–Trinajstić information content (AvgIpc) is 2.69. The highest BCUT2D eigenvalue weighted by molar-refractivity contribution is 6.40. The number of para-hydroxylation sites is 1. The van der Waals surface area contributed by atoms with Crippen LogP contribution in [-0.2, 0) is 6.54 Å². The van der Waals surface area contributed by atoms with Gasteiger partial charge in [0.25, 0.3) is 5.91 Å². The lowest BCUT2D eigenvalue weighted by molar-refractivity contribution is 0.0988. The third kappa shape index (κ3) is 2.77. The summed E-state index contributed by atoms with van der Waals surface area (Å²) in [5, 5.41) is 4.06. The van der Waals surface area contributed by atoms with Gasteiger partial charge in [-0.25, -0.2) is 0 Å². The second-order valence-corrected chi connectivity index (χ2v) is 5.67. The van der Waals surface area contributed by atoms with Gasteiger partial charge in [0.05, 0.1) is 15.6 Å². The van der Waals surface area contributed by atoms with Gasteiger partial charge in [-0.2, -0.15) is 0 Å². The predicted octanol–water partition coefficient (Wildman–Crippen LogP) is 3.74. The van der Waals surface area contributed by atoms with Crippen molar-refractivity contribution in [2.45, 2.75) is 6.54 Å². The van der Waals surface area contributed by atoms with Crippen molar-refractivity contribution in [3.8, 4) is 0 Å². The molecule has 3 nitrogen and oxygen atoms in total. The van der Waals surface area contributed by atoms with E-state index < -0.39 is 0 Å². The number of fused-ring (bicyclic) bond motifs is 1. The second kappa shape index (κ2) is 6.06. The van der Waals surface area contributed by atoms with E-state index in [0.29, 0.717) is 22.2 Å². The van der Waals surface area contributed by atoms with Gasteiger partial charge in [0.2, 0.25) is 0 Å². The Morgan fingerprint density at radius 2 is 1.76 bits per heavy atom. The topological polar surface area (TPSA) is 32.3 Å². The molecule has 0 saturated heterocycles. The highest BCUT2D eigenvalue weighted by Gasteiger charge is 2.25. The van der Waals surface area contributed by atoms with Crippen molar-refractivity contribution < 1.29 is 4.79 Å². The van der Waals surface area contributed by atoms with Crippen LogP contribution in [0.2, 0.25) is 10.0 Å². The Kier molecular flexibility index (Phi) is 4.15. The Hall–Kier alpha value is -1.55. The highest BCUT2D eigenvalue weighted by Crippen LogP contribution is 2.29. The number of hydrogen-bond acceptors (Lipinski definition) is 2. The molecule has 108 valence electrons. The molecule has 1 aliphatic rings. The number of anilines is 1. The smallest absolute Gasteiger partial charge is 0.261 e. The normalized spacial score (nSPS) is 14.5. The van der Waals surface area contributed by atoms with E-state index in [1.54, 1.807) is 23.1 Å². The van der Waals surface area contributed by atoms with Crippen LogP contribution in [0, 0.1) is 0 Å². The lowest BCUT2D eigenvalue weighted by Gasteiger charge is -2.23. The highest BCUT2D eigenvalue weighted by atomic mass is 35.5. The standard InChI is InChI=1S/C16H14Cl2N2O/c17-12-5-3-6-13(18)15(12)16(21)20-9-8-19-10-11-4-1-2-7-14(11)20/h1-7,19H,8-10H2. The minimum Gasteiger partial charge on any atom is -0.311 e. The molecular formula is C16H14Cl2N2O. The van der Waals surface area contributed by atoms with Gasteiger partial charge in [-0.1, -0.05) is 47.5 Å². The van der Waals surface area contributed by atoms with Crippen molar-refractivity contribution in [1.29, 1.82) is 0 Å². The van der Waals surface area contributed by atoms with Gasteiger partial charge in [-0.05, 0) is 23.8 Å². The summed E-state index contributed by atoms with van der Waals surface area (Å²) in [6, 6.07) is 13.0. The van der Waals surface area contributed by atoms with Crippen LogP contribution < -0.4 is 10.2 Å². The molecule has 1 heterocycles. The number of rotatable bonds is 1. The molecule has 0 bridgehead atoms. The molecule has 21 heavy (non-hydrogen) atoms. The summed E-state index contributed by atoms with van der Waals surface area (Å²) in [7, 11) is 0. The molecule has 3 rings (SSSR count). The largest absolute Gasteiger partial charge is 0.311 e. The van der Waals surface area contributed by atoms with Crippen LogP contribution in [0.1, 0.15) is 15.9 Å². The van der Waals surface area contributed by atoms with Crippen LogP contribution in [0.25, 0.3) is 0 Å². The fourth-order valence-corrected chi connectivity index (χ4v) is 3.07. The molecule has 0 spiro atoms. The molecule has 1 aliphatic heterocycles. The second-order valence-electron chi connectivity index (χ2n) is 4.86. The number of carbonyl (C=O) groups excluding carboxylic acids is 1. The van der Waals surface area contributed by atoms with E-state index in [4.69, 9.17) is 23.2 Å². The number of hydrogen-bond donors (Lipinski definition) is 1. The molecule has 0 fully saturated rings. The number of nitrogens with zero attached hydrogens (tertiary/aromatic N) is 1. The number of halogens is 2. The van der Waals surface area contributed by atoms with Gasteiger partial charge in [-0.3, -0.25) is 4.79 Å². The van der Waals surface area contributed by atoms with E-state index >= 15 is 0 Å². The summed E-state index contributed by atoms with van der Waals surface area (Å²) in [6.45, 7) is 2.05. The van der Waals surface area contributed by atoms with Crippen LogP contribution in [0.15, 0.2) is 42.5 Å². The third-order valence-electron chi connectivity index (χ3n) is 3.53. The summed E-state index contributed by atoms with van der Waals surface area (Å²) < 4.78 is 0. The summed E-state index contributed by atoms with van der Waals surface area (Å²) in [4.78, 5) is 14.6. The van der Waals surface area contributed by atoms with E-state index in [-0.39, 0.29) is 5.91 Å². The summed E-state index contributed by atoms with van der Waals surface area (Å²) in [5.41, 5.74) is 2.35. The zero-order valence-electron chi connectivity index (χ0n) is 11.3. The van der Waals surface area contributed by atoms with Crippen LogP contribution >= 0.6 is 23.2 Å². The molecule has 0 saturated carbocycles. The lowest BCUT2D eigenvalue weighted by atomic mass is 10.1. The third-order valence-corrected chi connectivity index (χ3v) is 4.16. The van der Waals surface area contributed by atoms with E-state index in [1.807, 2.05) is 24.3 Å². The van der Waals surface area contributed by atoms with Crippen molar-refractivity contribution in [2.24, 2.45) is 0 Å². The minimum absolute atomic E-state index is 0.165. The molecule has 0 unspecified atom stereocenters. The van der Waals surface area contributed by atoms with Gasteiger partial charge in [0.1, 0.15) is 0 Å². The zero-order valence-corrected chi connectivity index (χ0v) is 12.8. The first kappa shape index (κ1) is 14.4. The molecule has 0 atom stereocenters. The quantitative estimate of drug-likeness (QED) is 0.868. The molecular weight excluding hydrogens is 307 g/mol. The monoisotopic (exact) mass is 320 g/mol. The Bertz CT molecular complexity index is 667. The van der Waals surface area contributed by atoms with Crippen LogP contribution in [0.3, 0.4) is 0 Å². The van der Waals surface area contributed by atoms with E-state index in [1.165, 1.54) is 0 Å². The Morgan fingerprint density at radius 3 is 2.52 bits per heavy atom. The van der Waals surface area contributed by atoms with Gasteiger partial charge in [0.15, 0.2) is 0 Å². The number of amides is 1. The molecule has 0 radical (unpaired) electrons. The van der Waals surface area contributed by atoms with Crippen LogP contribution in [0.4, 0.5) is 5.69 Å². The molecule has 0 aromatic heterocycles. The van der Waals surface area contributed by atoms with E-state index in [0.717, 1.165) is 24.3 Å². The molecule has 2 aromatic rings. The molecule has 1 amide bonds. The first-order chi connectivity index (χ1) is 10.2. The predicted molar refractivity (Wildman–Crippen MR) is 86.3 cm³/mol. The molecule has 5 heteroatoms.